The molecule has 1 aromatic rings. The molecule has 0 radical (unpaired) electrons. The fourth-order valence-corrected chi connectivity index (χ4v) is 5.81. The molecule has 0 saturated carbocycles. The summed E-state index contributed by atoms with van der Waals surface area (Å²) in [4.78, 5) is 12.8. The van der Waals surface area contributed by atoms with E-state index >= 15 is 0 Å². The van der Waals surface area contributed by atoms with Crippen molar-refractivity contribution >= 4 is 27.3 Å². The number of rotatable bonds is 8. The summed E-state index contributed by atoms with van der Waals surface area (Å²) in [7, 11) is -3.39. The summed E-state index contributed by atoms with van der Waals surface area (Å²) < 4.78 is 27.1. The predicted molar refractivity (Wildman–Crippen MR) is 97.7 cm³/mol. The molecule has 136 valence electrons. The van der Waals surface area contributed by atoms with E-state index in [4.69, 9.17) is 0 Å². The summed E-state index contributed by atoms with van der Waals surface area (Å²) >= 11 is 1.22. The fraction of sp³-hybridized carbons (Fsp3) is 0.706. The molecule has 1 aliphatic rings. The van der Waals surface area contributed by atoms with E-state index in [1.807, 2.05) is 0 Å². The molecule has 1 fully saturated rings. The number of nitrogens with one attached hydrogen (secondary N) is 1. The zero-order valence-corrected chi connectivity index (χ0v) is 16.2. The number of thiophene rings is 1. The maximum atomic E-state index is 12.6. The molecule has 2 heterocycles. The van der Waals surface area contributed by atoms with E-state index in [1.165, 1.54) is 11.3 Å². The van der Waals surface area contributed by atoms with Crippen LogP contribution in [0.5, 0.6) is 0 Å². The molecule has 7 heteroatoms. The predicted octanol–water partition coefficient (Wildman–Crippen LogP) is 3.02. The number of hydrogen-bond donors (Lipinski definition) is 1. The lowest BCUT2D eigenvalue weighted by molar-refractivity contribution is -0.120. The standard InChI is InChI=1S/C17H28N2O3S2/c1-14(2)7-6-10-18-16(20)13-15-8-9-17(23-15)24(21,22)19-11-4-3-5-12-19/h8-9,14H,3-7,10-13H2,1-2H3,(H,18,20). The highest BCUT2D eigenvalue weighted by Crippen LogP contribution is 2.27. The number of carbonyl (C=O) groups excluding carboxylic acids is 1. The molecule has 1 saturated heterocycles. The first-order valence-electron chi connectivity index (χ1n) is 8.75. The summed E-state index contributed by atoms with van der Waals surface area (Å²) in [6.45, 7) is 6.22. The molecule has 24 heavy (non-hydrogen) atoms. The van der Waals surface area contributed by atoms with Crippen molar-refractivity contribution in [1.29, 1.82) is 0 Å². The highest BCUT2D eigenvalue weighted by molar-refractivity contribution is 7.91. The number of sulfonamides is 1. The number of piperidine rings is 1. The first kappa shape index (κ1) is 19.4. The first-order valence-corrected chi connectivity index (χ1v) is 11.0. The van der Waals surface area contributed by atoms with Gasteiger partial charge < -0.3 is 5.32 Å². The Morgan fingerprint density at radius 3 is 2.62 bits per heavy atom. The van der Waals surface area contributed by atoms with Gasteiger partial charge in [-0.15, -0.1) is 11.3 Å². The normalized spacial score (nSPS) is 16.5. The van der Waals surface area contributed by atoms with Crippen molar-refractivity contribution in [2.45, 2.75) is 56.6 Å². The van der Waals surface area contributed by atoms with Gasteiger partial charge in [-0.3, -0.25) is 4.79 Å². The Balaban J connectivity index is 1.87. The first-order chi connectivity index (χ1) is 11.4. The van der Waals surface area contributed by atoms with Gasteiger partial charge >= 0.3 is 0 Å². The Hall–Kier alpha value is -0.920. The minimum absolute atomic E-state index is 0.0393. The van der Waals surface area contributed by atoms with Crippen LogP contribution in [0.1, 0.15) is 50.8 Å². The van der Waals surface area contributed by atoms with Crippen molar-refractivity contribution in [2.75, 3.05) is 19.6 Å². The fourth-order valence-electron chi connectivity index (χ4n) is 2.78. The van der Waals surface area contributed by atoms with E-state index < -0.39 is 10.0 Å². The van der Waals surface area contributed by atoms with Crippen LogP contribution in [0.4, 0.5) is 0 Å². The summed E-state index contributed by atoms with van der Waals surface area (Å²) in [5.74, 6) is 0.601. The van der Waals surface area contributed by atoms with Crippen molar-refractivity contribution in [3.8, 4) is 0 Å². The third kappa shape index (κ3) is 5.57. The molecule has 0 spiro atoms. The lowest BCUT2D eigenvalue weighted by Crippen LogP contribution is -2.35. The minimum atomic E-state index is -3.39. The number of carbonyl (C=O) groups is 1. The molecular formula is C17H28N2O3S2. The molecule has 1 aromatic heterocycles. The highest BCUT2D eigenvalue weighted by Gasteiger charge is 2.27. The van der Waals surface area contributed by atoms with Gasteiger partial charge in [0.25, 0.3) is 10.0 Å². The van der Waals surface area contributed by atoms with Crippen LogP contribution in [0.15, 0.2) is 16.3 Å². The van der Waals surface area contributed by atoms with Crippen LogP contribution in [0, 0.1) is 5.92 Å². The van der Waals surface area contributed by atoms with Gasteiger partial charge in [0.05, 0.1) is 6.42 Å². The van der Waals surface area contributed by atoms with Gasteiger partial charge in [0.15, 0.2) is 0 Å². The molecule has 0 aromatic carbocycles. The van der Waals surface area contributed by atoms with Crippen molar-refractivity contribution in [2.24, 2.45) is 5.92 Å². The van der Waals surface area contributed by atoms with Crippen molar-refractivity contribution in [1.82, 2.24) is 9.62 Å². The van der Waals surface area contributed by atoms with E-state index in [0.717, 1.165) is 37.0 Å². The van der Waals surface area contributed by atoms with Crippen LogP contribution in [0.25, 0.3) is 0 Å². The van der Waals surface area contributed by atoms with Crippen LogP contribution in [-0.2, 0) is 21.2 Å². The van der Waals surface area contributed by atoms with E-state index in [-0.39, 0.29) is 12.3 Å². The summed E-state index contributed by atoms with van der Waals surface area (Å²) in [6.07, 6.45) is 5.27. The molecular weight excluding hydrogens is 344 g/mol. The van der Waals surface area contributed by atoms with Crippen molar-refractivity contribution in [3.05, 3.63) is 17.0 Å². The topological polar surface area (TPSA) is 66.5 Å². The minimum Gasteiger partial charge on any atom is -0.356 e. The maximum Gasteiger partial charge on any atom is 0.252 e. The summed E-state index contributed by atoms with van der Waals surface area (Å²) in [5.41, 5.74) is 0. The van der Waals surface area contributed by atoms with E-state index in [0.29, 0.717) is 29.8 Å². The molecule has 1 aliphatic heterocycles. The van der Waals surface area contributed by atoms with Gasteiger partial charge in [-0.1, -0.05) is 20.3 Å². The Morgan fingerprint density at radius 1 is 1.25 bits per heavy atom. The van der Waals surface area contributed by atoms with Crippen molar-refractivity contribution < 1.29 is 13.2 Å². The van der Waals surface area contributed by atoms with Crippen LogP contribution in [0.3, 0.4) is 0 Å². The van der Waals surface area contributed by atoms with Gasteiger partial charge in [-0.05, 0) is 43.7 Å². The van der Waals surface area contributed by atoms with Crippen LogP contribution in [-0.4, -0.2) is 38.3 Å². The highest BCUT2D eigenvalue weighted by atomic mass is 32.2. The Bertz CT molecular complexity index is 632. The monoisotopic (exact) mass is 372 g/mol. The molecule has 0 atom stereocenters. The van der Waals surface area contributed by atoms with Crippen LogP contribution >= 0.6 is 11.3 Å². The average molecular weight is 373 g/mol. The number of nitrogens with zero attached hydrogens (tertiary/aromatic N) is 1. The van der Waals surface area contributed by atoms with Crippen LogP contribution < -0.4 is 5.32 Å². The molecule has 2 rings (SSSR count). The third-order valence-corrected chi connectivity index (χ3v) is 7.61. The SMILES string of the molecule is CC(C)CCCNC(=O)Cc1ccc(S(=O)(=O)N2CCCCC2)s1. The molecule has 1 N–H and O–H groups in total. The molecule has 0 bridgehead atoms. The second-order valence-corrected chi connectivity index (χ2v) is 10.1. The molecule has 0 aliphatic carbocycles. The summed E-state index contributed by atoms with van der Waals surface area (Å²) in [5, 5.41) is 2.91. The van der Waals surface area contributed by atoms with E-state index in [1.54, 1.807) is 16.4 Å². The largest absolute Gasteiger partial charge is 0.356 e. The molecule has 5 nitrogen and oxygen atoms in total. The zero-order valence-electron chi connectivity index (χ0n) is 14.6. The van der Waals surface area contributed by atoms with Gasteiger partial charge in [0.2, 0.25) is 5.91 Å². The van der Waals surface area contributed by atoms with Gasteiger partial charge in [-0.2, -0.15) is 4.31 Å². The van der Waals surface area contributed by atoms with E-state index in [2.05, 4.69) is 19.2 Å². The van der Waals surface area contributed by atoms with Crippen LogP contribution in [0.2, 0.25) is 0 Å². The third-order valence-electron chi connectivity index (χ3n) is 4.16. The Kier molecular flexibility index (Phi) is 7.25. The molecule has 1 amide bonds. The number of amides is 1. The number of hydrogen-bond acceptors (Lipinski definition) is 4. The van der Waals surface area contributed by atoms with Crippen molar-refractivity contribution in [3.63, 3.8) is 0 Å². The second kappa shape index (κ2) is 8.97. The Labute approximate surface area is 149 Å². The van der Waals surface area contributed by atoms with Gasteiger partial charge in [0.1, 0.15) is 4.21 Å². The lowest BCUT2D eigenvalue weighted by atomic mass is 10.1. The smallest absolute Gasteiger partial charge is 0.252 e. The summed E-state index contributed by atoms with van der Waals surface area (Å²) in [6, 6.07) is 3.39. The van der Waals surface area contributed by atoms with Gasteiger partial charge in [0, 0.05) is 24.5 Å². The van der Waals surface area contributed by atoms with Gasteiger partial charge in [-0.25, -0.2) is 8.42 Å². The quantitative estimate of drug-likeness (QED) is 0.713. The molecule has 0 unspecified atom stereocenters. The van der Waals surface area contributed by atoms with E-state index in [9.17, 15) is 13.2 Å². The second-order valence-electron chi connectivity index (χ2n) is 6.75. The Morgan fingerprint density at radius 2 is 1.96 bits per heavy atom. The zero-order chi connectivity index (χ0) is 17.6. The lowest BCUT2D eigenvalue weighted by Gasteiger charge is -2.25. The maximum absolute atomic E-state index is 12.6. The average Bonchev–Trinajstić information content (AvgIpc) is 3.01.